The number of hydrogen-bond acceptors (Lipinski definition) is 14. The molecule has 0 saturated carbocycles. The predicted octanol–water partition coefficient (Wildman–Crippen LogP) is 3.31. The van der Waals surface area contributed by atoms with Crippen LogP contribution in [0, 0.1) is 0 Å². The van der Waals surface area contributed by atoms with Crippen molar-refractivity contribution in [2.24, 2.45) is 0 Å². The molecule has 4 saturated heterocycles. The summed E-state index contributed by atoms with van der Waals surface area (Å²) in [5.41, 5.74) is 8.46. The fourth-order valence-electron chi connectivity index (χ4n) is 10.9. The van der Waals surface area contributed by atoms with E-state index in [2.05, 4.69) is 43.9 Å². The van der Waals surface area contributed by atoms with Gasteiger partial charge in [-0.1, -0.05) is 12.1 Å². The summed E-state index contributed by atoms with van der Waals surface area (Å²) in [6.07, 6.45) is 6.35. The summed E-state index contributed by atoms with van der Waals surface area (Å²) in [7, 11) is 0. The average molecular weight is 983 g/mol. The number of piperidine rings is 2. The number of amides is 4. The van der Waals surface area contributed by atoms with Crippen LogP contribution in [0.3, 0.4) is 0 Å². The molecule has 6 aliphatic heterocycles. The van der Waals surface area contributed by atoms with Gasteiger partial charge in [-0.25, -0.2) is 0 Å². The molecule has 6 aliphatic rings. The Balaban J connectivity index is 1.03. The van der Waals surface area contributed by atoms with E-state index in [-0.39, 0.29) is 49.8 Å². The first kappa shape index (κ1) is 49.8. The van der Waals surface area contributed by atoms with Gasteiger partial charge in [0.2, 0.25) is 23.6 Å². The van der Waals surface area contributed by atoms with Crippen LogP contribution in [0.2, 0.25) is 0 Å². The molecule has 72 heavy (non-hydrogen) atoms. The highest BCUT2D eigenvalue weighted by Crippen LogP contribution is 2.28. The lowest BCUT2D eigenvalue weighted by molar-refractivity contribution is -0.137. The third-order valence-electron chi connectivity index (χ3n) is 14.6. The summed E-state index contributed by atoms with van der Waals surface area (Å²) in [5, 5.41) is 0. The number of hydrogen-bond donors (Lipinski definition) is 0. The number of ether oxygens (including phenoxy) is 2. The van der Waals surface area contributed by atoms with Crippen molar-refractivity contribution in [3.8, 4) is 11.1 Å². The standard InChI is InChI=1S/C54H70N12O6/c67-51(63-13-3-1-4-14-63)37-59-29-43-9-7-10-44(55-43)30-60(38-52(68)64-15-5-2-6-16-64)34-48-26-41(25-47(33-59)57-48)42-27-49-35-61(39-53(69)65-17-21-71-22-18-65)31-45-11-8-12-46(56-45)32-62(36-50(28-42)58-49)40-54(70)66-19-23-72-24-20-66/h7-12,25-28H,1-6,13-24,29-40H2. The van der Waals surface area contributed by atoms with Crippen LogP contribution in [-0.4, -0.2) is 188 Å². The Morgan fingerprint density at radius 3 is 0.889 bits per heavy atom. The summed E-state index contributed by atoms with van der Waals surface area (Å²) in [6, 6.07) is 20.6. The minimum absolute atomic E-state index is 0.0373. The van der Waals surface area contributed by atoms with Crippen LogP contribution in [-0.2, 0) is 81.0 Å². The van der Waals surface area contributed by atoms with E-state index < -0.39 is 0 Å². The zero-order chi connectivity index (χ0) is 49.2. The van der Waals surface area contributed by atoms with E-state index in [1.807, 2.05) is 56.0 Å². The number of aromatic nitrogens is 4. The molecular weight excluding hydrogens is 913 g/mol. The topological polar surface area (TPSA) is 164 Å². The lowest BCUT2D eigenvalue weighted by atomic mass is 10.0. The number of nitrogens with zero attached hydrogens (tertiary/aromatic N) is 12. The lowest BCUT2D eigenvalue weighted by Gasteiger charge is -2.31. The van der Waals surface area contributed by atoms with Crippen molar-refractivity contribution in [2.75, 3.05) is 105 Å². The smallest absolute Gasteiger partial charge is 0.236 e. The fourth-order valence-corrected chi connectivity index (χ4v) is 10.9. The molecule has 18 heteroatoms. The van der Waals surface area contributed by atoms with Gasteiger partial charge in [-0.2, -0.15) is 0 Å². The van der Waals surface area contributed by atoms with Crippen molar-refractivity contribution < 1.29 is 28.7 Å². The van der Waals surface area contributed by atoms with Crippen LogP contribution >= 0.6 is 0 Å². The molecule has 0 radical (unpaired) electrons. The second kappa shape index (κ2) is 23.9. The van der Waals surface area contributed by atoms with Crippen LogP contribution in [0.15, 0.2) is 60.7 Å². The number of rotatable bonds is 9. The number of carbonyl (C=O) groups is 4. The van der Waals surface area contributed by atoms with E-state index in [1.165, 1.54) is 0 Å². The number of morpholine rings is 2. The van der Waals surface area contributed by atoms with Crippen LogP contribution in [0.25, 0.3) is 11.1 Å². The second-order valence-electron chi connectivity index (χ2n) is 20.4. The van der Waals surface area contributed by atoms with Crippen molar-refractivity contribution in [1.82, 2.24) is 59.1 Å². The van der Waals surface area contributed by atoms with Crippen LogP contribution in [0.5, 0.6) is 0 Å². The molecule has 0 aromatic carbocycles. The Labute approximate surface area is 423 Å². The Kier molecular flexibility index (Phi) is 16.5. The van der Waals surface area contributed by atoms with E-state index in [1.54, 1.807) is 0 Å². The predicted molar refractivity (Wildman–Crippen MR) is 268 cm³/mol. The van der Waals surface area contributed by atoms with Crippen molar-refractivity contribution in [3.63, 3.8) is 0 Å². The summed E-state index contributed by atoms with van der Waals surface area (Å²) in [6.45, 7) is 11.6. The van der Waals surface area contributed by atoms with Gasteiger partial charge >= 0.3 is 0 Å². The van der Waals surface area contributed by atoms with Gasteiger partial charge in [0.05, 0.1) is 98.2 Å². The maximum absolute atomic E-state index is 14.0. The van der Waals surface area contributed by atoms with Gasteiger partial charge in [0.1, 0.15) is 0 Å². The Morgan fingerprint density at radius 2 is 0.597 bits per heavy atom. The summed E-state index contributed by atoms with van der Waals surface area (Å²) in [5.74, 6) is 0.302. The molecule has 18 nitrogen and oxygen atoms in total. The zero-order valence-corrected chi connectivity index (χ0v) is 41.8. The van der Waals surface area contributed by atoms with E-state index in [0.717, 1.165) is 121 Å². The number of pyridine rings is 4. The van der Waals surface area contributed by atoms with E-state index in [4.69, 9.17) is 29.4 Å². The molecule has 0 spiro atoms. The molecule has 4 amide bonds. The summed E-state index contributed by atoms with van der Waals surface area (Å²) < 4.78 is 11.2. The van der Waals surface area contributed by atoms with Gasteiger partial charge in [-0.15, -0.1) is 0 Å². The number of fused-ring (bicyclic) bond motifs is 8. The average Bonchev–Trinajstić information content (AvgIpc) is 3.39. The monoisotopic (exact) mass is 983 g/mol. The minimum Gasteiger partial charge on any atom is -0.378 e. The van der Waals surface area contributed by atoms with Gasteiger partial charge in [-0.05, 0) is 98.2 Å². The van der Waals surface area contributed by atoms with Crippen molar-refractivity contribution in [3.05, 3.63) is 106 Å². The van der Waals surface area contributed by atoms with Gasteiger partial charge < -0.3 is 29.1 Å². The second-order valence-corrected chi connectivity index (χ2v) is 20.4. The van der Waals surface area contributed by atoms with Crippen LogP contribution in [0.1, 0.15) is 84.1 Å². The highest BCUT2D eigenvalue weighted by molar-refractivity contribution is 5.80. The van der Waals surface area contributed by atoms with E-state index in [0.29, 0.717) is 105 Å². The van der Waals surface area contributed by atoms with Crippen molar-refractivity contribution >= 4 is 23.6 Å². The molecule has 0 atom stereocenters. The first-order chi connectivity index (χ1) is 35.2. The van der Waals surface area contributed by atoms with Crippen molar-refractivity contribution in [1.29, 1.82) is 0 Å². The molecule has 4 aromatic heterocycles. The first-order valence-corrected chi connectivity index (χ1v) is 26.3. The fraction of sp³-hybridized carbons (Fsp3) is 0.556. The molecule has 382 valence electrons. The maximum atomic E-state index is 14.0. The van der Waals surface area contributed by atoms with Gasteiger partial charge in [0.25, 0.3) is 0 Å². The van der Waals surface area contributed by atoms with Gasteiger partial charge in [0, 0.05) is 105 Å². The third-order valence-corrected chi connectivity index (χ3v) is 14.6. The highest BCUT2D eigenvalue weighted by Gasteiger charge is 2.28. The minimum atomic E-state index is 0.0373. The molecule has 4 aromatic rings. The Morgan fingerprint density at radius 1 is 0.347 bits per heavy atom. The lowest BCUT2D eigenvalue weighted by Crippen LogP contribution is -2.46. The highest BCUT2D eigenvalue weighted by atomic mass is 16.5. The van der Waals surface area contributed by atoms with E-state index >= 15 is 0 Å². The number of likely N-dealkylation sites (tertiary alicyclic amines) is 2. The Bertz CT molecular complexity index is 2210. The third kappa shape index (κ3) is 13.4. The van der Waals surface area contributed by atoms with Crippen LogP contribution < -0.4 is 0 Å². The largest absolute Gasteiger partial charge is 0.378 e. The molecule has 0 unspecified atom stereocenters. The summed E-state index contributed by atoms with van der Waals surface area (Å²) >= 11 is 0. The van der Waals surface area contributed by atoms with E-state index in [9.17, 15) is 19.2 Å². The molecule has 0 aliphatic carbocycles. The molecular formula is C54H70N12O6. The molecule has 10 rings (SSSR count). The van der Waals surface area contributed by atoms with Gasteiger partial charge in [0.15, 0.2) is 0 Å². The molecule has 4 fully saturated rings. The SMILES string of the molecule is O=C(CN1Cc2cccc(n2)CN(CC(=O)N2CCCCC2)Cc2cc(-c3cc4nc(c3)CN(CC(=O)N3CCOCC3)Cc3cccc(n3)CN(CC(=O)N3CCOCC3)C4)cc(n2)C1)N1CCCCC1. The molecule has 8 bridgehead atoms. The normalized spacial score (nSPS) is 20.2. The zero-order valence-electron chi connectivity index (χ0n) is 41.8. The molecule has 0 N–H and O–H groups in total. The first-order valence-electron chi connectivity index (χ1n) is 26.3. The maximum Gasteiger partial charge on any atom is 0.236 e. The summed E-state index contributed by atoms with van der Waals surface area (Å²) in [4.78, 5) is 92.9. The van der Waals surface area contributed by atoms with Crippen LogP contribution in [0.4, 0.5) is 0 Å². The van der Waals surface area contributed by atoms with Crippen molar-refractivity contribution in [2.45, 2.75) is 90.9 Å². The quantitative estimate of drug-likeness (QED) is 0.240. The molecule has 10 heterocycles. The van der Waals surface area contributed by atoms with Gasteiger partial charge in [-0.3, -0.25) is 58.7 Å². The number of carbonyl (C=O) groups excluding carboxylic acids is 4. The Hall–Kier alpha value is -5.76.